The average molecular weight is 305 g/mol. The SMILES string of the molecule is CCCCC(=O)NCCOCCOCCOCCOCC. The van der Waals surface area contributed by atoms with Crippen LogP contribution in [0.2, 0.25) is 0 Å². The Morgan fingerprint density at radius 3 is 1.86 bits per heavy atom. The first-order valence-electron chi connectivity index (χ1n) is 7.88. The highest BCUT2D eigenvalue weighted by Gasteiger charge is 1.98. The molecule has 6 heteroatoms. The predicted octanol–water partition coefficient (Wildman–Crippen LogP) is 1.38. The molecule has 0 aliphatic rings. The molecule has 0 heterocycles. The Bertz CT molecular complexity index is 226. The molecule has 0 unspecified atom stereocenters. The molecule has 0 fully saturated rings. The van der Waals surface area contributed by atoms with E-state index < -0.39 is 0 Å². The van der Waals surface area contributed by atoms with E-state index in [4.69, 9.17) is 18.9 Å². The zero-order chi connectivity index (χ0) is 15.6. The van der Waals surface area contributed by atoms with Crippen LogP contribution < -0.4 is 5.32 Å². The third kappa shape index (κ3) is 17.3. The third-order valence-electron chi connectivity index (χ3n) is 2.65. The minimum absolute atomic E-state index is 0.0981. The Labute approximate surface area is 128 Å². The van der Waals surface area contributed by atoms with Gasteiger partial charge in [0.25, 0.3) is 0 Å². The summed E-state index contributed by atoms with van der Waals surface area (Å²) < 4.78 is 21.1. The summed E-state index contributed by atoms with van der Waals surface area (Å²) in [6.07, 6.45) is 2.58. The zero-order valence-electron chi connectivity index (χ0n) is 13.5. The number of carbonyl (C=O) groups is 1. The van der Waals surface area contributed by atoms with Gasteiger partial charge in [-0.1, -0.05) is 13.3 Å². The Kier molecular flexibility index (Phi) is 16.8. The summed E-state index contributed by atoms with van der Waals surface area (Å²) in [5.41, 5.74) is 0. The lowest BCUT2D eigenvalue weighted by atomic mass is 10.2. The monoisotopic (exact) mass is 305 g/mol. The lowest BCUT2D eigenvalue weighted by Crippen LogP contribution is -2.27. The quantitative estimate of drug-likeness (QED) is 0.436. The predicted molar refractivity (Wildman–Crippen MR) is 81.5 cm³/mol. The van der Waals surface area contributed by atoms with Gasteiger partial charge in [0.2, 0.25) is 5.91 Å². The van der Waals surface area contributed by atoms with Crippen LogP contribution in [0.3, 0.4) is 0 Å². The second kappa shape index (κ2) is 17.4. The Morgan fingerprint density at radius 1 is 0.810 bits per heavy atom. The van der Waals surface area contributed by atoms with Gasteiger partial charge in [-0.25, -0.2) is 0 Å². The molecule has 0 atom stereocenters. The van der Waals surface area contributed by atoms with Crippen molar-refractivity contribution in [1.82, 2.24) is 5.32 Å². The van der Waals surface area contributed by atoms with Crippen molar-refractivity contribution in [3.05, 3.63) is 0 Å². The van der Waals surface area contributed by atoms with Crippen LogP contribution >= 0.6 is 0 Å². The topological polar surface area (TPSA) is 66.0 Å². The summed E-state index contributed by atoms with van der Waals surface area (Å²) in [6.45, 7) is 9.26. The van der Waals surface area contributed by atoms with Gasteiger partial charge >= 0.3 is 0 Å². The smallest absolute Gasteiger partial charge is 0.220 e. The number of amides is 1. The van der Waals surface area contributed by atoms with Gasteiger partial charge in [-0.2, -0.15) is 0 Å². The molecule has 0 aromatic carbocycles. The molecule has 0 aromatic rings. The van der Waals surface area contributed by atoms with Gasteiger partial charge < -0.3 is 24.3 Å². The van der Waals surface area contributed by atoms with Gasteiger partial charge in [-0.05, 0) is 13.3 Å². The van der Waals surface area contributed by atoms with Crippen LogP contribution in [-0.2, 0) is 23.7 Å². The molecule has 6 nitrogen and oxygen atoms in total. The molecule has 0 aliphatic carbocycles. The number of nitrogens with one attached hydrogen (secondary N) is 1. The number of unbranched alkanes of at least 4 members (excludes halogenated alkanes) is 1. The first-order valence-corrected chi connectivity index (χ1v) is 7.88. The second-order valence-corrected chi connectivity index (χ2v) is 4.49. The van der Waals surface area contributed by atoms with E-state index in [0.29, 0.717) is 59.2 Å². The summed E-state index contributed by atoms with van der Waals surface area (Å²) in [7, 11) is 0. The van der Waals surface area contributed by atoms with Crippen molar-refractivity contribution in [1.29, 1.82) is 0 Å². The molecule has 0 bridgehead atoms. The first kappa shape index (κ1) is 20.3. The lowest BCUT2D eigenvalue weighted by Gasteiger charge is -2.07. The van der Waals surface area contributed by atoms with Crippen LogP contribution in [0, 0.1) is 0 Å². The largest absolute Gasteiger partial charge is 0.379 e. The molecular weight excluding hydrogens is 274 g/mol. The summed E-state index contributed by atoms with van der Waals surface area (Å²) in [5.74, 6) is 0.0981. The van der Waals surface area contributed by atoms with Crippen LogP contribution in [0.5, 0.6) is 0 Å². The van der Waals surface area contributed by atoms with E-state index >= 15 is 0 Å². The van der Waals surface area contributed by atoms with Crippen LogP contribution in [0.15, 0.2) is 0 Å². The molecule has 0 saturated carbocycles. The van der Waals surface area contributed by atoms with Crippen molar-refractivity contribution >= 4 is 5.91 Å². The fraction of sp³-hybridized carbons (Fsp3) is 0.933. The molecule has 126 valence electrons. The van der Waals surface area contributed by atoms with Gasteiger partial charge in [-0.15, -0.1) is 0 Å². The van der Waals surface area contributed by atoms with Crippen molar-refractivity contribution in [2.45, 2.75) is 33.1 Å². The highest BCUT2D eigenvalue weighted by atomic mass is 16.6. The van der Waals surface area contributed by atoms with Crippen molar-refractivity contribution in [2.75, 3.05) is 59.4 Å². The van der Waals surface area contributed by atoms with Crippen LogP contribution in [-0.4, -0.2) is 65.3 Å². The molecule has 0 rings (SSSR count). The molecule has 0 aromatic heterocycles. The van der Waals surface area contributed by atoms with Gasteiger partial charge in [0.05, 0.1) is 46.2 Å². The Balaban J connectivity index is 3.04. The maximum atomic E-state index is 11.3. The molecule has 21 heavy (non-hydrogen) atoms. The number of hydrogen-bond donors (Lipinski definition) is 1. The molecule has 0 saturated heterocycles. The maximum Gasteiger partial charge on any atom is 0.220 e. The second-order valence-electron chi connectivity index (χ2n) is 4.49. The highest BCUT2D eigenvalue weighted by Crippen LogP contribution is 1.92. The van der Waals surface area contributed by atoms with E-state index in [2.05, 4.69) is 12.2 Å². The summed E-state index contributed by atoms with van der Waals surface area (Å²) in [5, 5.41) is 2.82. The van der Waals surface area contributed by atoms with Crippen molar-refractivity contribution < 1.29 is 23.7 Å². The normalized spacial score (nSPS) is 10.8. The average Bonchev–Trinajstić information content (AvgIpc) is 2.49. The van der Waals surface area contributed by atoms with E-state index in [-0.39, 0.29) is 5.91 Å². The van der Waals surface area contributed by atoms with Crippen molar-refractivity contribution in [3.63, 3.8) is 0 Å². The number of hydrogen-bond acceptors (Lipinski definition) is 5. The maximum absolute atomic E-state index is 11.3. The summed E-state index contributed by atoms with van der Waals surface area (Å²) in [6, 6.07) is 0. The zero-order valence-corrected chi connectivity index (χ0v) is 13.5. The van der Waals surface area contributed by atoms with E-state index in [1.54, 1.807) is 0 Å². The van der Waals surface area contributed by atoms with Crippen molar-refractivity contribution in [2.24, 2.45) is 0 Å². The minimum Gasteiger partial charge on any atom is -0.379 e. The lowest BCUT2D eigenvalue weighted by molar-refractivity contribution is -0.121. The van der Waals surface area contributed by atoms with Crippen LogP contribution in [0.4, 0.5) is 0 Å². The first-order chi connectivity index (χ1) is 10.3. The summed E-state index contributed by atoms with van der Waals surface area (Å²) >= 11 is 0. The van der Waals surface area contributed by atoms with E-state index in [0.717, 1.165) is 19.4 Å². The highest BCUT2D eigenvalue weighted by molar-refractivity contribution is 5.75. The molecule has 1 amide bonds. The van der Waals surface area contributed by atoms with Gasteiger partial charge in [0.15, 0.2) is 0 Å². The standard InChI is InChI=1S/C15H31NO5/c1-3-5-6-15(17)16-7-8-19-11-12-21-14-13-20-10-9-18-4-2/h3-14H2,1-2H3,(H,16,17). The minimum atomic E-state index is 0.0981. The molecule has 0 radical (unpaired) electrons. The Hall–Kier alpha value is -0.690. The van der Waals surface area contributed by atoms with Gasteiger partial charge in [0.1, 0.15) is 0 Å². The third-order valence-corrected chi connectivity index (χ3v) is 2.65. The Morgan fingerprint density at radius 2 is 1.33 bits per heavy atom. The van der Waals surface area contributed by atoms with E-state index in [1.807, 2.05) is 6.92 Å². The fourth-order valence-corrected chi connectivity index (χ4v) is 1.49. The summed E-state index contributed by atoms with van der Waals surface area (Å²) in [4.78, 5) is 11.3. The molecule has 0 aliphatic heterocycles. The van der Waals surface area contributed by atoms with Crippen LogP contribution in [0.1, 0.15) is 33.1 Å². The van der Waals surface area contributed by atoms with E-state index in [1.165, 1.54) is 0 Å². The van der Waals surface area contributed by atoms with Gasteiger partial charge in [0, 0.05) is 19.6 Å². The number of carbonyl (C=O) groups excluding carboxylic acids is 1. The fourth-order valence-electron chi connectivity index (χ4n) is 1.49. The van der Waals surface area contributed by atoms with Crippen molar-refractivity contribution in [3.8, 4) is 0 Å². The number of rotatable bonds is 16. The van der Waals surface area contributed by atoms with E-state index in [9.17, 15) is 4.79 Å². The van der Waals surface area contributed by atoms with Gasteiger partial charge in [-0.3, -0.25) is 4.79 Å². The molecular formula is C15H31NO5. The number of ether oxygens (including phenoxy) is 4. The molecule has 1 N–H and O–H groups in total. The molecule has 0 spiro atoms. The van der Waals surface area contributed by atoms with Crippen LogP contribution in [0.25, 0.3) is 0 Å².